The summed E-state index contributed by atoms with van der Waals surface area (Å²) in [6.45, 7) is 34.5. The van der Waals surface area contributed by atoms with Gasteiger partial charge in [0.15, 0.2) is 0 Å². The average Bonchev–Trinajstić information content (AvgIpc) is 3.19. The third-order valence-corrected chi connectivity index (χ3v) is 25.5. The standard InChI is InChI=1S/C49H84O6SeSi3/c1-17-58(18-2,19-3)54-43-32-27-37-49(47(51)52-48(11,12)13,56-42-30-24-23-25-31-42)46(50)41(10)45(53-57(14,15)16)36-34-39(8)29-26-28-38(7)33-35-44(40(43)9)55-59(20-4,21-5)22-6/h23-25,27-33,35,40-41,43-45H,17-22,26,34,36-37H2,1-16H3/b32-27+,35-33+,38-28+,39-29+/t40-,41-,43+,44-,45+,49?/m0/s1. The summed E-state index contributed by atoms with van der Waals surface area (Å²) in [4.78, 5) is 30.6. The minimum absolute atomic E-state index is 0.0210. The molecule has 0 amide bonds. The Kier molecular flexibility index (Phi) is 22.0. The van der Waals surface area contributed by atoms with Crippen molar-refractivity contribution < 1.29 is 27.6 Å². The van der Waals surface area contributed by atoms with Gasteiger partial charge < -0.3 is 0 Å². The summed E-state index contributed by atoms with van der Waals surface area (Å²) >= 11 is -0.590. The van der Waals surface area contributed by atoms with Crippen LogP contribution < -0.4 is 4.46 Å². The third kappa shape index (κ3) is 16.5. The van der Waals surface area contributed by atoms with Crippen molar-refractivity contribution in [2.24, 2.45) is 11.8 Å². The molecule has 59 heavy (non-hydrogen) atoms. The van der Waals surface area contributed by atoms with Gasteiger partial charge in [-0.2, -0.15) is 0 Å². The fourth-order valence-electron chi connectivity index (χ4n) is 7.88. The average molecular weight is 932 g/mol. The van der Waals surface area contributed by atoms with Crippen molar-refractivity contribution in [3.63, 3.8) is 0 Å². The Morgan fingerprint density at radius 1 is 0.797 bits per heavy atom. The molecule has 0 aliphatic heterocycles. The summed E-state index contributed by atoms with van der Waals surface area (Å²) in [6, 6.07) is 16.2. The van der Waals surface area contributed by atoms with Gasteiger partial charge in [0, 0.05) is 0 Å². The summed E-state index contributed by atoms with van der Waals surface area (Å²) in [7, 11) is -6.26. The molecule has 0 heterocycles. The van der Waals surface area contributed by atoms with Crippen molar-refractivity contribution in [2.75, 3.05) is 0 Å². The van der Waals surface area contributed by atoms with Crippen molar-refractivity contribution in [1.29, 1.82) is 0 Å². The maximum atomic E-state index is 15.6. The molecule has 0 bridgehead atoms. The molecule has 1 aliphatic carbocycles. The molecule has 6 nitrogen and oxygen atoms in total. The zero-order valence-electron chi connectivity index (χ0n) is 40.2. The van der Waals surface area contributed by atoms with Gasteiger partial charge >= 0.3 is 373 Å². The van der Waals surface area contributed by atoms with E-state index in [1.807, 2.05) is 58.0 Å². The fraction of sp³-hybridized carbons (Fsp3) is 0.673. The van der Waals surface area contributed by atoms with Crippen LogP contribution in [-0.2, 0) is 27.6 Å². The second-order valence-corrected chi connectivity index (χ2v) is 35.7. The number of ketones is 1. The number of rotatable bonds is 15. The number of benzene rings is 1. The molecule has 1 aliphatic rings. The van der Waals surface area contributed by atoms with Crippen LogP contribution in [0.3, 0.4) is 0 Å². The van der Waals surface area contributed by atoms with E-state index in [1.165, 1.54) is 11.1 Å². The molecule has 0 spiro atoms. The van der Waals surface area contributed by atoms with E-state index in [9.17, 15) is 4.79 Å². The molecule has 0 saturated heterocycles. The van der Waals surface area contributed by atoms with Gasteiger partial charge in [0.05, 0.1) is 0 Å². The second kappa shape index (κ2) is 24.3. The number of hydrogen-bond donors (Lipinski definition) is 0. The number of esters is 1. The van der Waals surface area contributed by atoms with Gasteiger partial charge in [-0.15, -0.1) is 0 Å². The van der Waals surface area contributed by atoms with Gasteiger partial charge in [0.1, 0.15) is 0 Å². The molecule has 0 N–H and O–H groups in total. The fourth-order valence-corrected chi connectivity index (χ4v) is 17.5. The van der Waals surface area contributed by atoms with Crippen LogP contribution in [0.25, 0.3) is 0 Å². The van der Waals surface area contributed by atoms with E-state index in [-0.39, 0.29) is 36.4 Å². The monoisotopic (exact) mass is 932 g/mol. The van der Waals surface area contributed by atoms with Crippen LogP contribution in [0.15, 0.2) is 77.9 Å². The van der Waals surface area contributed by atoms with Crippen molar-refractivity contribution in [2.45, 2.75) is 200 Å². The number of Topliss-reactive ketones (excluding diaryl/α,β-unsaturated/α-hetero) is 1. The van der Waals surface area contributed by atoms with Gasteiger partial charge in [-0.05, 0) is 0 Å². The molecule has 0 fully saturated rings. The van der Waals surface area contributed by atoms with E-state index >= 15 is 4.79 Å². The molecule has 334 valence electrons. The Morgan fingerprint density at radius 3 is 1.81 bits per heavy atom. The van der Waals surface area contributed by atoms with Crippen molar-refractivity contribution in [3.8, 4) is 0 Å². The Balaban J connectivity index is 3.05. The summed E-state index contributed by atoms with van der Waals surface area (Å²) < 4.78 is 27.6. The predicted octanol–water partition coefficient (Wildman–Crippen LogP) is 12.9. The summed E-state index contributed by atoms with van der Waals surface area (Å²) in [5.41, 5.74) is 1.70. The van der Waals surface area contributed by atoms with Gasteiger partial charge in [0.2, 0.25) is 0 Å². The molecule has 0 aromatic heterocycles. The van der Waals surface area contributed by atoms with Crippen molar-refractivity contribution in [3.05, 3.63) is 77.9 Å². The summed E-state index contributed by atoms with van der Waals surface area (Å²) in [6.07, 6.45) is 15.2. The zero-order chi connectivity index (χ0) is 44.7. The SMILES string of the molecule is CC[Si](CC)(CC)O[C@H]1/C=C/C(C)=C/C/C=C(\C)CC[C@@H](O[Si](C)(C)C)[C@H](C)C(=O)C([Se]c2ccccc2)(C(=O)OC(C)(C)C)C/C=C/[C@@H](O[Si](CC)(CC)CC)[C@@H]1C. The first-order valence-corrected chi connectivity index (χ1v) is 33.0. The topological polar surface area (TPSA) is 71.1 Å². The molecule has 6 atom stereocenters. The minimum atomic E-state index is -2.13. The molecular formula is C49H84O6SeSi3. The van der Waals surface area contributed by atoms with E-state index in [4.69, 9.17) is 18.0 Å². The van der Waals surface area contributed by atoms with Crippen LogP contribution in [0.4, 0.5) is 0 Å². The van der Waals surface area contributed by atoms with E-state index in [0.717, 1.165) is 53.6 Å². The van der Waals surface area contributed by atoms with E-state index in [1.54, 1.807) is 0 Å². The van der Waals surface area contributed by atoms with Crippen LogP contribution in [0.5, 0.6) is 0 Å². The molecule has 0 radical (unpaired) electrons. The molecular weight excluding hydrogens is 848 g/mol. The molecule has 1 unspecified atom stereocenters. The zero-order valence-corrected chi connectivity index (χ0v) is 44.9. The van der Waals surface area contributed by atoms with Crippen LogP contribution in [0.1, 0.15) is 116 Å². The Morgan fingerprint density at radius 2 is 1.32 bits per heavy atom. The van der Waals surface area contributed by atoms with Crippen LogP contribution >= 0.6 is 0 Å². The van der Waals surface area contributed by atoms with Gasteiger partial charge in [-0.25, -0.2) is 0 Å². The number of ether oxygens (including phenoxy) is 1. The van der Waals surface area contributed by atoms with Crippen molar-refractivity contribution >= 4 is 56.1 Å². The Bertz CT molecular complexity index is 1550. The van der Waals surface area contributed by atoms with E-state index < -0.39 is 61.7 Å². The summed E-state index contributed by atoms with van der Waals surface area (Å²) in [5, 5.41) is 0. The second-order valence-electron chi connectivity index (χ2n) is 18.9. The van der Waals surface area contributed by atoms with Gasteiger partial charge in [0.25, 0.3) is 0 Å². The van der Waals surface area contributed by atoms with Crippen LogP contribution in [0, 0.1) is 11.8 Å². The molecule has 2 rings (SSSR count). The quantitative estimate of drug-likeness (QED) is 0.0755. The van der Waals surface area contributed by atoms with Gasteiger partial charge in [-0.3, -0.25) is 0 Å². The molecule has 0 saturated carbocycles. The predicted molar refractivity (Wildman–Crippen MR) is 260 cm³/mol. The first-order valence-electron chi connectivity index (χ1n) is 22.8. The molecule has 10 heteroatoms. The van der Waals surface area contributed by atoms with Crippen molar-refractivity contribution in [1.82, 2.24) is 0 Å². The first-order chi connectivity index (χ1) is 27.6. The normalized spacial score (nSPS) is 27.9. The number of allylic oxidation sites excluding steroid dienone is 6. The number of carbonyl (C=O) groups excluding carboxylic acids is 2. The summed E-state index contributed by atoms with van der Waals surface area (Å²) in [5.74, 6) is -1.11. The van der Waals surface area contributed by atoms with Gasteiger partial charge in [-0.1, -0.05) is 0 Å². The van der Waals surface area contributed by atoms with E-state index in [0.29, 0.717) is 6.42 Å². The Labute approximate surface area is 371 Å². The molecule has 1 aromatic rings. The number of hydrogen-bond acceptors (Lipinski definition) is 6. The maximum absolute atomic E-state index is 15.6. The number of carbonyl (C=O) groups is 2. The van der Waals surface area contributed by atoms with Crippen LogP contribution in [-0.4, -0.2) is 75.6 Å². The van der Waals surface area contributed by atoms with E-state index in [2.05, 4.69) is 118 Å². The first kappa shape index (κ1) is 53.5. The Hall–Kier alpha value is -1.63. The molecule has 1 aromatic carbocycles. The van der Waals surface area contributed by atoms with Crippen LogP contribution in [0.2, 0.25) is 60.2 Å². The third-order valence-electron chi connectivity index (χ3n) is 12.3.